The van der Waals surface area contributed by atoms with E-state index >= 15 is 0 Å². The van der Waals surface area contributed by atoms with Gasteiger partial charge in [0.1, 0.15) is 12.1 Å². The van der Waals surface area contributed by atoms with Gasteiger partial charge in [0.05, 0.1) is 32.8 Å². The number of esters is 1. The van der Waals surface area contributed by atoms with Crippen molar-refractivity contribution in [1.29, 1.82) is 0 Å². The van der Waals surface area contributed by atoms with Crippen LogP contribution in [-0.4, -0.2) is 79.0 Å². The number of rotatable bonds is 9. The number of carbonyl (C=O) groups is 3. The first-order chi connectivity index (χ1) is 24.0. The van der Waals surface area contributed by atoms with E-state index in [1.54, 1.807) is 12.1 Å². The van der Waals surface area contributed by atoms with Crippen LogP contribution in [0.25, 0.3) is 0 Å². The molecule has 5 atom stereocenters. The lowest BCUT2D eigenvalue weighted by Crippen LogP contribution is -2.60. The van der Waals surface area contributed by atoms with Gasteiger partial charge in [-0.25, -0.2) is 4.79 Å². The van der Waals surface area contributed by atoms with E-state index in [1.807, 2.05) is 53.7 Å². The molecule has 0 spiro atoms. The van der Waals surface area contributed by atoms with E-state index in [-0.39, 0.29) is 36.6 Å². The summed E-state index contributed by atoms with van der Waals surface area (Å²) in [5, 5.41) is 30.5. The highest BCUT2D eigenvalue weighted by Crippen LogP contribution is 2.55. The van der Waals surface area contributed by atoms with Gasteiger partial charge in [0.25, 0.3) is 0 Å². The van der Waals surface area contributed by atoms with E-state index in [2.05, 4.69) is 10.6 Å². The maximum atomic E-state index is 14.2. The molecule has 0 saturated carbocycles. The molecule has 2 amide bonds. The number of amides is 2. The van der Waals surface area contributed by atoms with Crippen molar-refractivity contribution in [2.75, 3.05) is 27.6 Å². The minimum atomic E-state index is -0.963. The summed E-state index contributed by atoms with van der Waals surface area (Å²) in [6.45, 7) is 11.2. The summed E-state index contributed by atoms with van der Waals surface area (Å²) in [4.78, 5) is 41.1. The first kappa shape index (κ1) is 36.4. The highest BCUT2D eigenvalue weighted by atomic mass is 16.7. The van der Waals surface area contributed by atoms with E-state index < -0.39 is 65.0 Å². The van der Waals surface area contributed by atoms with Gasteiger partial charge in [-0.15, -0.1) is 10.3 Å². The fourth-order valence-corrected chi connectivity index (χ4v) is 8.38. The number of hydrogen-bond donors (Lipinski definition) is 3. The molecule has 2 saturated heterocycles. The number of nitrogens with zero attached hydrogens (tertiary/aromatic N) is 1. The number of hydroxylamine groups is 2. The number of aromatic hydroxyl groups is 1. The lowest BCUT2D eigenvalue weighted by Gasteiger charge is -2.49. The van der Waals surface area contributed by atoms with Crippen LogP contribution in [0.4, 0.5) is 4.79 Å². The molecule has 0 bridgehead atoms. The van der Waals surface area contributed by atoms with E-state index in [0.29, 0.717) is 47.5 Å². The number of nitrogens with one attached hydrogen (secondary N) is 2. The van der Waals surface area contributed by atoms with Crippen molar-refractivity contribution in [3.63, 3.8) is 0 Å². The van der Waals surface area contributed by atoms with Gasteiger partial charge in [-0.3, -0.25) is 9.59 Å². The first-order valence-corrected chi connectivity index (χ1v) is 17.3. The standard InChI is InChI=1S/C37H48N3O11/c1-18(2)9-24(38-35(44)51-20-14-36(3,4)40(45)37(5,6)15-20)33(42)39-31-22-13-26-25(49-17-50-26)12-21(22)29(30-23(31)16-48-34(30)43)19-10-27(46-7)32(41)28(11-19)47-8/h10-13,18,20,23-24,29-31,41H,9,14-17H2,1-8H3,(H,38,44)(H,39,42)/t23-,24-,29+,30-,31+/m0/s1. The SMILES string of the molecule is COc1cc([C@@H]2c3cc4c(cc3[C@@H](NC(=O)[C@H](CC(C)C)NC(=O)OC3CC(C)(C)N([O])C(C)(C)C3)[C@H]3COC(=O)[C@H]23)OCO4)cc(OC)c1O. The molecular formula is C37H48N3O11. The Morgan fingerprint density at radius 3 is 2.12 bits per heavy atom. The summed E-state index contributed by atoms with van der Waals surface area (Å²) in [5.41, 5.74) is 0.550. The van der Waals surface area contributed by atoms with Crippen LogP contribution in [0.2, 0.25) is 0 Å². The average molecular weight is 711 g/mol. The van der Waals surface area contributed by atoms with Crippen molar-refractivity contribution < 1.29 is 53.1 Å². The summed E-state index contributed by atoms with van der Waals surface area (Å²) in [6.07, 6.45) is -0.252. The van der Waals surface area contributed by atoms with E-state index in [9.17, 15) is 24.7 Å². The highest BCUT2D eigenvalue weighted by molar-refractivity contribution is 5.87. The van der Waals surface area contributed by atoms with Gasteiger partial charge in [-0.1, -0.05) is 13.8 Å². The topological polar surface area (TPSA) is 174 Å². The zero-order valence-electron chi connectivity index (χ0n) is 30.4. The van der Waals surface area contributed by atoms with Crippen molar-refractivity contribution in [3.05, 3.63) is 41.0 Å². The lowest BCUT2D eigenvalue weighted by molar-refractivity contribution is -0.298. The van der Waals surface area contributed by atoms with Gasteiger partial charge in [0.2, 0.25) is 18.4 Å². The van der Waals surface area contributed by atoms with Gasteiger partial charge < -0.3 is 44.2 Å². The maximum absolute atomic E-state index is 14.2. The van der Waals surface area contributed by atoms with Crippen molar-refractivity contribution in [1.82, 2.24) is 15.7 Å². The molecule has 0 aromatic heterocycles. The Hall–Kier alpha value is -4.43. The Labute approximate surface area is 297 Å². The van der Waals surface area contributed by atoms with Crippen LogP contribution in [0.15, 0.2) is 24.3 Å². The van der Waals surface area contributed by atoms with Crippen molar-refractivity contribution in [3.8, 4) is 28.7 Å². The van der Waals surface area contributed by atoms with Crippen LogP contribution in [-0.2, 0) is 24.3 Å². The summed E-state index contributed by atoms with van der Waals surface area (Å²) in [7, 11) is 2.86. The molecule has 14 nitrogen and oxygen atoms in total. The summed E-state index contributed by atoms with van der Waals surface area (Å²) in [6, 6.07) is 5.29. The average Bonchev–Trinajstić information content (AvgIpc) is 3.68. The predicted molar refractivity (Wildman–Crippen MR) is 181 cm³/mol. The van der Waals surface area contributed by atoms with Crippen LogP contribution in [0.5, 0.6) is 28.7 Å². The van der Waals surface area contributed by atoms with Gasteiger partial charge in [0, 0.05) is 35.8 Å². The Kier molecular flexibility index (Phi) is 9.70. The van der Waals surface area contributed by atoms with Gasteiger partial charge >= 0.3 is 12.1 Å². The minimum Gasteiger partial charge on any atom is -0.502 e. The number of carbonyl (C=O) groups excluding carboxylic acids is 3. The molecule has 4 aliphatic rings. The van der Waals surface area contributed by atoms with Crippen molar-refractivity contribution in [2.24, 2.45) is 17.8 Å². The zero-order valence-corrected chi connectivity index (χ0v) is 30.4. The summed E-state index contributed by atoms with van der Waals surface area (Å²) in [5.74, 6) is -1.53. The number of piperidine rings is 1. The lowest BCUT2D eigenvalue weighted by atomic mass is 9.65. The van der Waals surface area contributed by atoms with Gasteiger partial charge in [-0.05, 0) is 81.0 Å². The largest absolute Gasteiger partial charge is 0.502 e. The number of ether oxygens (including phenoxy) is 6. The summed E-state index contributed by atoms with van der Waals surface area (Å²) >= 11 is 0. The highest BCUT2D eigenvalue weighted by Gasteiger charge is 2.53. The fourth-order valence-electron chi connectivity index (χ4n) is 8.38. The van der Waals surface area contributed by atoms with Crippen molar-refractivity contribution >= 4 is 18.0 Å². The molecule has 1 aliphatic carbocycles. The third-order valence-electron chi connectivity index (χ3n) is 10.5. The summed E-state index contributed by atoms with van der Waals surface area (Å²) < 4.78 is 33.9. The number of phenols is 1. The van der Waals surface area contributed by atoms with Crippen LogP contribution < -0.4 is 29.6 Å². The van der Waals surface area contributed by atoms with E-state index in [1.165, 1.54) is 14.2 Å². The number of cyclic esters (lactones) is 1. The number of benzene rings is 2. The van der Waals surface area contributed by atoms with Crippen LogP contribution in [0.3, 0.4) is 0 Å². The molecule has 3 heterocycles. The third kappa shape index (κ3) is 6.83. The Morgan fingerprint density at radius 1 is 0.961 bits per heavy atom. The molecule has 51 heavy (non-hydrogen) atoms. The maximum Gasteiger partial charge on any atom is 0.408 e. The fraction of sp³-hybridized carbons (Fsp3) is 0.595. The molecule has 0 unspecified atom stereocenters. The monoisotopic (exact) mass is 710 g/mol. The predicted octanol–water partition coefficient (Wildman–Crippen LogP) is 4.74. The smallest absolute Gasteiger partial charge is 0.408 e. The van der Waals surface area contributed by atoms with E-state index in [4.69, 9.17) is 28.4 Å². The minimum absolute atomic E-state index is 0.0143. The molecule has 2 aromatic rings. The number of hydrogen-bond acceptors (Lipinski definition) is 11. The number of fused-ring (bicyclic) bond motifs is 3. The molecule has 3 aliphatic heterocycles. The van der Waals surface area contributed by atoms with Crippen LogP contribution in [0, 0.1) is 17.8 Å². The second kappa shape index (κ2) is 13.6. The number of alkyl carbamates (subject to hydrolysis) is 1. The normalized spacial score (nSPS) is 25.3. The van der Waals surface area contributed by atoms with E-state index in [0.717, 1.165) is 5.06 Å². The molecule has 6 rings (SSSR count). The Balaban J connectivity index is 1.32. The van der Waals surface area contributed by atoms with Crippen molar-refractivity contribution in [2.45, 2.75) is 96.0 Å². The zero-order chi connectivity index (χ0) is 37.0. The molecular weight excluding hydrogens is 662 g/mol. The second-order valence-electron chi connectivity index (χ2n) is 15.6. The first-order valence-electron chi connectivity index (χ1n) is 17.3. The number of phenolic OH excluding ortho intramolecular Hbond substituents is 1. The van der Waals surface area contributed by atoms with Crippen LogP contribution >= 0.6 is 0 Å². The Bertz CT molecular complexity index is 1650. The van der Waals surface area contributed by atoms with Crippen LogP contribution in [0.1, 0.15) is 89.5 Å². The molecule has 277 valence electrons. The Morgan fingerprint density at radius 2 is 1.55 bits per heavy atom. The third-order valence-corrected chi connectivity index (χ3v) is 10.5. The molecule has 3 N–H and O–H groups in total. The molecule has 2 aromatic carbocycles. The number of methoxy groups -OCH3 is 2. The molecule has 14 heteroatoms. The molecule has 2 fully saturated rings. The quantitative estimate of drug-likeness (QED) is 0.307. The van der Waals surface area contributed by atoms with Gasteiger partial charge in [0.15, 0.2) is 23.0 Å². The second-order valence-corrected chi connectivity index (χ2v) is 15.6. The molecule has 1 radical (unpaired) electrons. The van der Waals surface area contributed by atoms with Gasteiger partial charge in [-0.2, -0.15) is 0 Å².